The predicted octanol–water partition coefficient (Wildman–Crippen LogP) is 3.98. The van der Waals surface area contributed by atoms with Crippen LogP contribution in [0, 0.1) is 5.92 Å². The molecule has 0 aliphatic heterocycles. The molecular weight excluding hydrogens is 251 g/mol. The Kier molecular flexibility index (Phi) is 3.65. The molecule has 0 saturated heterocycles. The number of alkyl halides is 3. The molecule has 1 fully saturated rings. The third kappa shape index (κ3) is 3.11. The lowest BCUT2D eigenvalue weighted by Crippen LogP contribution is -2.26. The summed E-state index contributed by atoms with van der Waals surface area (Å²) in [5, 5.41) is 3.39. The second-order valence-electron chi connectivity index (χ2n) is 5.96. The van der Waals surface area contributed by atoms with E-state index in [2.05, 4.69) is 26.1 Å². The van der Waals surface area contributed by atoms with Crippen LogP contribution in [0.25, 0.3) is 0 Å². The van der Waals surface area contributed by atoms with Crippen molar-refractivity contribution in [2.45, 2.75) is 44.8 Å². The van der Waals surface area contributed by atoms with Gasteiger partial charge in [0.2, 0.25) is 0 Å². The van der Waals surface area contributed by atoms with Crippen LogP contribution < -0.4 is 5.32 Å². The number of hydrogen-bond acceptors (Lipinski definition) is 1. The highest BCUT2D eigenvalue weighted by Crippen LogP contribution is 2.53. The third-order valence-corrected chi connectivity index (χ3v) is 4.06. The molecule has 2 unspecified atom stereocenters. The molecule has 19 heavy (non-hydrogen) atoms. The first kappa shape index (κ1) is 14.4. The van der Waals surface area contributed by atoms with Crippen LogP contribution in [0.4, 0.5) is 13.2 Å². The van der Waals surface area contributed by atoms with Crippen molar-refractivity contribution in [3.05, 3.63) is 35.4 Å². The molecule has 0 amide bonds. The predicted molar refractivity (Wildman–Crippen MR) is 70.0 cm³/mol. The van der Waals surface area contributed by atoms with Crippen LogP contribution in [0.2, 0.25) is 0 Å². The van der Waals surface area contributed by atoms with E-state index < -0.39 is 11.7 Å². The largest absolute Gasteiger partial charge is 0.416 e. The highest BCUT2D eigenvalue weighted by molar-refractivity contribution is 5.35. The van der Waals surface area contributed by atoms with E-state index in [9.17, 15) is 13.2 Å². The van der Waals surface area contributed by atoms with Gasteiger partial charge in [-0.3, -0.25) is 0 Å². The number of rotatable bonds is 4. The van der Waals surface area contributed by atoms with Crippen molar-refractivity contribution in [3.8, 4) is 0 Å². The zero-order valence-corrected chi connectivity index (χ0v) is 11.5. The van der Waals surface area contributed by atoms with Gasteiger partial charge in [-0.15, -0.1) is 0 Å². The number of halogens is 3. The lowest BCUT2D eigenvalue weighted by atomic mass is 9.94. The minimum absolute atomic E-state index is 0.0337. The lowest BCUT2D eigenvalue weighted by Gasteiger charge is -2.15. The van der Waals surface area contributed by atoms with E-state index in [-0.39, 0.29) is 5.41 Å². The van der Waals surface area contributed by atoms with Gasteiger partial charge in [0, 0.05) is 6.04 Å². The molecule has 1 aliphatic rings. The van der Waals surface area contributed by atoms with Gasteiger partial charge in [-0.1, -0.05) is 32.9 Å². The minimum Gasteiger partial charge on any atom is -0.314 e. The zero-order valence-electron chi connectivity index (χ0n) is 11.5. The molecular formula is C15H20F3N. The Morgan fingerprint density at radius 2 is 1.84 bits per heavy atom. The van der Waals surface area contributed by atoms with E-state index in [1.165, 1.54) is 12.1 Å². The summed E-state index contributed by atoms with van der Waals surface area (Å²) in [6.07, 6.45) is -3.21. The second-order valence-corrected chi connectivity index (χ2v) is 5.96. The van der Waals surface area contributed by atoms with E-state index in [0.29, 0.717) is 12.0 Å². The Morgan fingerprint density at radius 3 is 2.32 bits per heavy atom. The summed E-state index contributed by atoms with van der Waals surface area (Å²) in [7, 11) is 0. The van der Waals surface area contributed by atoms with Crippen molar-refractivity contribution < 1.29 is 13.2 Å². The Morgan fingerprint density at radius 1 is 1.26 bits per heavy atom. The molecule has 1 aromatic carbocycles. The highest BCUT2D eigenvalue weighted by Gasteiger charge is 2.50. The first-order valence-electron chi connectivity index (χ1n) is 6.64. The van der Waals surface area contributed by atoms with Crippen molar-refractivity contribution in [2.75, 3.05) is 6.54 Å². The highest BCUT2D eigenvalue weighted by atomic mass is 19.4. The summed E-state index contributed by atoms with van der Waals surface area (Å²) in [4.78, 5) is 0. The third-order valence-electron chi connectivity index (χ3n) is 4.06. The molecule has 1 nitrogen and oxygen atoms in total. The SMILES string of the molecule is CC(C)NCC1CC1(C)c1ccc(C(F)(F)F)cc1. The molecule has 2 rings (SSSR count). The van der Waals surface area contributed by atoms with Crippen molar-refractivity contribution in [3.63, 3.8) is 0 Å². The molecule has 2 atom stereocenters. The summed E-state index contributed by atoms with van der Waals surface area (Å²) in [5.74, 6) is 0.520. The first-order chi connectivity index (χ1) is 8.73. The van der Waals surface area contributed by atoms with Gasteiger partial charge in [-0.05, 0) is 42.0 Å². The normalized spacial score (nSPS) is 26.8. The molecule has 1 aliphatic carbocycles. The van der Waals surface area contributed by atoms with E-state index in [1.807, 2.05) is 0 Å². The zero-order chi connectivity index (χ0) is 14.3. The quantitative estimate of drug-likeness (QED) is 0.873. The van der Waals surface area contributed by atoms with Gasteiger partial charge in [-0.2, -0.15) is 13.2 Å². The van der Waals surface area contributed by atoms with Crippen molar-refractivity contribution in [1.82, 2.24) is 5.32 Å². The molecule has 1 saturated carbocycles. The lowest BCUT2D eigenvalue weighted by molar-refractivity contribution is -0.137. The van der Waals surface area contributed by atoms with E-state index in [1.54, 1.807) is 12.1 Å². The smallest absolute Gasteiger partial charge is 0.314 e. The Balaban J connectivity index is 2.04. The van der Waals surface area contributed by atoms with Gasteiger partial charge in [0.05, 0.1) is 5.56 Å². The second kappa shape index (κ2) is 4.82. The van der Waals surface area contributed by atoms with Crippen LogP contribution in [-0.4, -0.2) is 12.6 Å². The van der Waals surface area contributed by atoms with Gasteiger partial charge >= 0.3 is 6.18 Å². The van der Waals surface area contributed by atoms with Crippen LogP contribution in [0.1, 0.15) is 38.3 Å². The summed E-state index contributed by atoms with van der Waals surface area (Å²) in [6.45, 7) is 7.24. The summed E-state index contributed by atoms with van der Waals surface area (Å²) >= 11 is 0. The van der Waals surface area contributed by atoms with Gasteiger partial charge in [0.15, 0.2) is 0 Å². The Bertz CT molecular complexity index is 436. The monoisotopic (exact) mass is 271 g/mol. The Labute approximate surface area is 112 Å². The summed E-state index contributed by atoms with van der Waals surface area (Å²) < 4.78 is 37.5. The van der Waals surface area contributed by atoms with Crippen molar-refractivity contribution in [1.29, 1.82) is 0 Å². The average molecular weight is 271 g/mol. The standard InChI is InChI=1S/C15H20F3N/c1-10(2)19-9-13-8-14(13,3)11-4-6-12(7-5-11)15(16,17)18/h4-7,10,13,19H,8-9H2,1-3H3. The maximum atomic E-state index is 12.5. The molecule has 106 valence electrons. The van der Waals surface area contributed by atoms with Crippen LogP contribution >= 0.6 is 0 Å². The minimum atomic E-state index is -4.25. The van der Waals surface area contributed by atoms with E-state index >= 15 is 0 Å². The van der Waals surface area contributed by atoms with Crippen LogP contribution in [0.3, 0.4) is 0 Å². The summed E-state index contributed by atoms with van der Waals surface area (Å²) in [6, 6.07) is 6.06. The van der Waals surface area contributed by atoms with Gasteiger partial charge < -0.3 is 5.32 Å². The van der Waals surface area contributed by atoms with Gasteiger partial charge in [0.1, 0.15) is 0 Å². The van der Waals surface area contributed by atoms with Gasteiger partial charge in [0.25, 0.3) is 0 Å². The molecule has 1 aromatic rings. The molecule has 0 radical (unpaired) electrons. The molecule has 0 heterocycles. The van der Waals surface area contributed by atoms with Crippen LogP contribution in [-0.2, 0) is 11.6 Å². The van der Waals surface area contributed by atoms with Crippen LogP contribution in [0.5, 0.6) is 0 Å². The van der Waals surface area contributed by atoms with E-state index in [4.69, 9.17) is 0 Å². The molecule has 0 bridgehead atoms. The Hall–Kier alpha value is -1.03. The first-order valence-corrected chi connectivity index (χ1v) is 6.64. The molecule has 0 spiro atoms. The average Bonchev–Trinajstić information content (AvgIpc) is 2.98. The molecule has 1 N–H and O–H groups in total. The topological polar surface area (TPSA) is 12.0 Å². The van der Waals surface area contributed by atoms with Gasteiger partial charge in [-0.25, -0.2) is 0 Å². The van der Waals surface area contributed by atoms with Crippen LogP contribution in [0.15, 0.2) is 24.3 Å². The van der Waals surface area contributed by atoms with Crippen molar-refractivity contribution in [2.24, 2.45) is 5.92 Å². The maximum Gasteiger partial charge on any atom is 0.416 e. The van der Waals surface area contributed by atoms with E-state index in [0.717, 1.165) is 18.5 Å². The maximum absolute atomic E-state index is 12.5. The number of nitrogens with one attached hydrogen (secondary N) is 1. The number of benzene rings is 1. The fourth-order valence-corrected chi connectivity index (χ4v) is 2.52. The molecule has 0 aromatic heterocycles. The van der Waals surface area contributed by atoms with Crippen molar-refractivity contribution >= 4 is 0 Å². The molecule has 4 heteroatoms. The number of hydrogen-bond donors (Lipinski definition) is 1. The fourth-order valence-electron chi connectivity index (χ4n) is 2.52. The summed E-state index contributed by atoms with van der Waals surface area (Å²) in [5.41, 5.74) is 0.472. The fraction of sp³-hybridized carbons (Fsp3) is 0.600.